The predicted molar refractivity (Wildman–Crippen MR) is 112 cm³/mol. The Morgan fingerprint density at radius 3 is 2.77 bits per heavy atom. The van der Waals surface area contributed by atoms with Crippen molar-refractivity contribution in [1.29, 1.82) is 0 Å². The van der Waals surface area contributed by atoms with E-state index in [2.05, 4.69) is 10.3 Å². The molecule has 1 aliphatic rings. The highest BCUT2D eigenvalue weighted by Gasteiger charge is 2.25. The van der Waals surface area contributed by atoms with Crippen LogP contribution in [0.3, 0.4) is 0 Å². The molecule has 1 aromatic heterocycles. The number of para-hydroxylation sites is 1. The number of amides is 1. The first-order valence-electron chi connectivity index (χ1n) is 9.68. The molecule has 1 heterocycles. The van der Waals surface area contributed by atoms with Gasteiger partial charge in [-0.3, -0.25) is 19.9 Å². The van der Waals surface area contributed by atoms with Crippen molar-refractivity contribution in [3.05, 3.63) is 69.4 Å². The van der Waals surface area contributed by atoms with E-state index in [4.69, 9.17) is 9.47 Å². The van der Waals surface area contributed by atoms with Gasteiger partial charge >= 0.3 is 5.97 Å². The first kappa shape index (κ1) is 20.3. The van der Waals surface area contributed by atoms with Crippen LogP contribution < -0.4 is 10.1 Å². The van der Waals surface area contributed by atoms with Gasteiger partial charge in [0.15, 0.2) is 6.61 Å². The third-order valence-electron chi connectivity index (χ3n) is 5.13. The Hall–Kier alpha value is -4.01. The number of ether oxygens (including phenoxy) is 2. The summed E-state index contributed by atoms with van der Waals surface area (Å²) in [6.45, 7) is -0.546. The van der Waals surface area contributed by atoms with Crippen LogP contribution in [0.4, 0.5) is 11.4 Å². The number of aromatic nitrogens is 1. The molecule has 9 heteroatoms. The molecule has 0 radical (unpaired) electrons. The Morgan fingerprint density at radius 2 is 2.00 bits per heavy atom. The number of nitro groups is 1. The van der Waals surface area contributed by atoms with Gasteiger partial charge in [0, 0.05) is 23.2 Å². The van der Waals surface area contributed by atoms with Crippen LogP contribution in [0.25, 0.3) is 10.9 Å². The normalized spacial score (nSPS) is 12.3. The minimum Gasteiger partial charge on any atom is -0.495 e. The van der Waals surface area contributed by atoms with E-state index in [1.165, 1.54) is 25.3 Å². The van der Waals surface area contributed by atoms with E-state index in [-0.39, 0.29) is 17.1 Å². The minimum absolute atomic E-state index is 0.119. The van der Waals surface area contributed by atoms with Gasteiger partial charge in [0.05, 0.1) is 28.8 Å². The van der Waals surface area contributed by atoms with Crippen molar-refractivity contribution in [3.63, 3.8) is 0 Å². The lowest BCUT2D eigenvalue weighted by molar-refractivity contribution is -0.384. The number of carbonyl (C=O) groups is 2. The monoisotopic (exact) mass is 421 g/mol. The number of hydrogen-bond acceptors (Lipinski definition) is 7. The largest absolute Gasteiger partial charge is 0.495 e. The van der Waals surface area contributed by atoms with Crippen molar-refractivity contribution < 1.29 is 24.0 Å². The second-order valence-electron chi connectivity index (χ2n) is 7.05. The molecule has 0 bridgehead atoms. The van der Waals surface area contributed by atoms with Crippen molar-refractivity contribution in [3.8, 4) is 5.75 Å². The van der Waals surface area contributed by atoms with E-state index < -0.39 is 23.4 Å². The van der Waals surface area contributed by atoms with E-state index >= 15 is 0 Å². The van der Waals surface area contributed by atoms with Crippen LogP contribution in [-0.4, -0.2) is 35.5 Å². The quantitative estimate of drug-likeness (QED) is 0.368. The molecular formula is C22H19N3O6. The molecule has 0 aliphatic heterocycles. The Kier molecular flexibility index (Phi) is 5.48. The number of fused-ring (bicyclic) bond motifs is 2. The number of hydrogen-bond donors (Lipinski definition) is 1. The maximum atomic E-state index is 12.9. The molecule has 0 unspecified atom stereocenters. The molecule has 1 amide bonds. The molecule has 0 spiro atoms. The lowest BCUT2D eigenvalue weighted by atomic mass is 10.0. The molecule has 1 aliphatic carbocycles. The van der Waals surface area contributed by atoms with Crippen molar-refractivity contribution in [2.75, 3.05) is 19.0 Å². The van der Waals surface area contributed by atoms with Crippen molar-refractivity contribution in [2.45, 2.75) is 19.3 Å². The van der Waals surface area contributed by atoms with Crippen molar-refractivity contribution >= 4 is 34.2 Å². The van der Waals surface area contributed by atoms with E-state index in [0.29, 0.717) is 16.5 Å². The maximum Gasteiger partial charge on any atom is 0.339 e. The first-order chi connectivity index (χ1) is 15.0. The van der Waals surface area contributed by atoms with Gasteiger partial charge in [0.2, 0.25) is 0 Å². The zero-order valence-corrected chi connectivity index (χ0v) is 16.7. The Morgan fingerprint density at radius 1 is 1.19 bits per heavy atom. The predicted octanol–water partition coefficient (Wildman–Crippen LogP) is 3.44. The van der Waals surface area contributed by atoms with Crippen LogP contribution in [0.15, 0.2) is 42.5 Å². The smallest absolute Gasteiger partial charge is 0.339 e. The topological polar surface area (TPSA) is 121 Å². The number of non-ortho nitro benzene ring substituents is 1. The van der Waals surface area contributed by atoms with Gasteiger partial charge in [-0.1, -0.05) is 18.2 Å². The second-order valence-corrected chi connectivity index (χ2v) is 7.05. The molecule has 158 valence electrons. The lowest BCUT2D eigenvalue weighted by Gasteiger charge is -2.13. The summed E-state index contributed by atoms with van der Waals surface area (Å²) in [6.07, 6.45) is 2.44. The fourth-order valence-corrected chi connectivity index (χ4v) is 3.74. The highest BCUT2D eigenvalue weighted by molar-refractivity contribution is 6.06. The number of anilines is 1. The molecule has 1 N–H and O–H groups in total. The lowest BCUT2D eigenvalue weighted by Crippen LogP contribution is -2.22. The third kappa shape index (κ3) is 4.02. The summed E-state index contributed by atoms with van der Waals surface area (Å²) in [7, 11) is 1.38. The number of pyridine rings is 1. The highest BCUT2D eigenvalue weighted by atomic mass is 16.6. The van der Waals surface area contributed by atoms with E-state index in [0.717, 1.165) is 30.5 Å². The summed E-state index contributed by atoms with van der Waals surface area (Å²) in [5, 5.41) is 14.2. The second kappa shape index (κ2) is 8.39. The van der Waals surface area contributed by atoms with Gasteiger partial charge in [-0.2, -0.15) is 0 Å². The summed E-state index contributed by atoms with van der Waals surface area (Å²) in [5.41, 5.74) is 2.82. The molecule has 0 fully saturated rings. The molecular weight excluding hydrogens is 402 g/mol. The van der Waals surface area contributed by atoms with Gasteiger partial charge in [0.25, 0.3) is 11.6 Å². The summed E-state index contributed by atoms with van der Waals surface area (Å²) in [5.74, 6) is -0.983. The summed E-state index contributed by atoms with van der Waals surface area (Å²) in [4.78, 5) is 40.3. The molecule has 0 atom stereocenters. The van der Waals surface area contributed by atoms with Gasteiger partial charge in [-0.25, -0.2) is 4.79 Å². The third-order valence-corrected chi connectivity index (χ3v) is 5.13. The number of nitrogens with one attached hydrogen (secondary N) is 1. The summed E-state index contributed by atoms with van der Waals surface area (Å²) in [6, 6.07) is 11.2. The average molecular weight is 421 g/mol. The van der Waals surface area contributed by atoms with Crippen LogP contribution in [0.2, 0.25) is 0 Å². The van der Waals surface area contributed by atoms with Crippen molar-refractivity contribution in [2.24, 2.45) is 0 Å². The molecule has 31 heavy (non-hydrogen) atoms. The number of methoxy groups -OCH3 is 1. The summed E-state index contributed by atoms with van der Waals surface area (Å²) >= 11 is 0. The fourth-order valence-electron chi connectivity index (χ4n) is 3.74. The number of rotatable bonds is 6. The van der Waals surface area contributed by atoms with E-state index in [9.17, 15) is 19.7 Å². The Bertz CT molecular complexity index is 1210. The molecule has 3 aromatic rings. The number of nitro benzene ring substituents is 1. The zero-order valence-electron chi connectivity index (χ0n) is 16.7. The van der Waals surface area contributed by atoms with Crippen molar-refractivity contribution in [1.82, 2.24) is 4.98 Å². The maximum absolute atomic E-state index is 12.9. The Labute approximate surface area is 177 Å². The first-order valence-corrected chi connectivity index (χ1v) is 9.68. The SMILES string of the molecule is COc1ccc([N+](=O)[O-])cc1NC(=O)COC(=O)c1c2c(nc3ccccc13)CCC2. The van der Waals surface area contributed by atoms with Crippen LogP contribution in [0.1, 0.15) is 28.0 Å². The van der Waals surface area contributed by atoms with Gasteiger partial charge in [0.1, 0.15) is 5.75 Å². The number of carbonyl (C=O) groups excluding carboxylic acids is 2. The van der Waals surface area contributed by atoms with E-state index in [1.807, 2.05) is 24.3 Å². The Balaban J connectivity index is 1.52. The molecule has 0 saturated heterocycles. The summed E-state index contributed by atoms with van der Waals surface area (Å²) < 4.78 is 10.4. The number of nitrogens with zero attached hydrogens (tertiary/aromatic N) is 2. The highest BCUT2D eigenvalue weighted by Crippen LogP contribution is 2.31. The molecule has 0 saturated carbocycles. The average Bonchev–Trinajstić information content (AvgIpc) is 3.23. The van der Waals surface area contributed by atoms with Gasteiger partial charge in [-0.15, -0.1) is 0 Å². The fraction of sp³-hybridized carbons (Fsp3) is 0.227. The van der Waals surface area contributed by atoms with E-state index in [1.54, 1.807) is 0 Å². The van der Waals surface area contributed by atoms with Crippen LogP contribution in [-0.2, 0) is 22.4 Å². The molecule has 2 aromatic carbocycles. The molecule has 9 nitrogen and oxygen atoms in total. The number of esters is 1. The standard InChI is InChI=1S/C22H19N3O6/c1-30-19-10-9-13(25(28)29)11-18(19)24-20(26)12-31-22(27)21-14-5-2-3-7-16(14)23-17-8-4-6-15(17)21/h2-3,5,7,9-11H,4,6,8,12H2,1H3,(H,24,26). The zero-order chi connectivity index (χ0) is 22.0. The molecule has 4 rings (SSSR count). The van der Waals surface area contributed by atoms with Gasteiger partial charge in [-0.05, 0) is 37.0 Å². The number of aryl methyl sites for hydroxylation is 1. The van der Waals surface area contributed by atoms with Crippen LogP contribution >= 0.6 is 0 Å². The van der Waals surface area contributed by atoms with Crippen LogP contribution in [0.5, 0.6) is 5.75 Å². The van der Waals surface area contributed by atoms with Gasteiger partial charge < -0.3 is 14.8 Å². The number of benzene rings is 2. The van der Waals surface area contributed by atoms with Crippen LogP contribution in [0, 0.1) is 10.1 Å². The minimum atomic E-state index is -0.637.